The van der Waals surface area contributed by atoms with Crippen molar-refractivity contribution in [2.24, 2.45) is 0 Å². The van der Waals surface area contributed by atoms with Gasteiger partial charge in [0, 0.05) is 18.2 Å². The highest BCUT2D eigenvalue weighted by atomic mass is 35.5. The Morgan fingerprint density at radius 1 is 1.35 bits per heavy atom. The van der Waals surface area contributed by atoms with Crippen LogP contribution < -0.4 is 5.32 Å². The number of amides is 2. The molecule has 0 fully saturated rings. The van der Waals surface area contributed by atoms with E-state index in [1.165, 1.54) is 30.0 Å². The Bertz CT molecular complexity index is 526. The van der Waals surface area contributed by atoms with Crippen LogP contribution in [0.2, 0.25) is 5.02 Å². The maximum absolute atomic E-state index is 13.0. The molecule has 2 amide bonds. The molecule has 0 unspecified atom stereocenters. The molecule has 110 valence electrons. The molecular formula is C14H18ClFN2O2. The third-order valence-electron chi connectivity index (χ3n) is 2.69. The largest absolute Gasteiger partial charge is 0.329 e. The SMILES string of the molecule is CC(=O)N(CC(=O)Nc1ccc(F)c(Cl)c1)C(C)(C)C. The Labute approximate surface area is 122 Å². The molecule has 0 aliphatic heterocycles. The normalized spacial score (nSPS) is 11.1. The van der Waals surface area contributed by atoms with Crippen molar-refractivity contribution in [2.45, 2.75) is 33.2 Å². The molecule has 0 spiro atoms. The molecule has 0 aliphatic rings. The molecule has 0 atom stereocenters. The number of nitrogens with one attached hydrogen (secondary N) is 1. The monoisotopic (exact) mass is 300 g/mol. The highest BCUT2D eigenvalue weighted by molar-refractivity contribution is 6.31. The lowest BCUT2D eigenvalue weighted by Gasteiger charge is -2.34. The molecule has 0 aromatic heterocycles. The molecule has 1 aromatic carbocycles. The van der Waals surface area contributed by atoms with E-state index in [2.05, 4.69) is 5.32 Å². The van der Waals surface area contributed by atoms with E-state index in [-0.39, 0.29) is 23.4 Å². The van der Waals surface area contributed by atoms with Crippen LogP contribution in [0.25, 0.3) is 0 Å². The van der Waals surface area contributed by atoms with Crippen LogP contribution in [0.5, 0.6) is 0 Å². The molecule has 0 saturated carbocycles. The van der Waals surface area contributed by atoms with Crippen molar-refractivity contribution in [2.75, 3.05) is 11.9 Å². The van der Waals surface area contributed by atoms with E-state index in [9.17, 15) is 14.0 Å². The number of anilines is 1. The Morgan fingerprint density at radius 3 is 2.40 bits per heavy atom. The fourth-order valence-electron chi connectivity index (χ4n) is 1.74. The zero-order valence-electron chi connectivity index (χ0n) is 12.0. The zero-order chi connectivity index (χ0) is 15.5. The van der Waals surface area contributed by atoms with Crippen molar-refractivity contribution in [3.05, 3.63) is 29.0 Å². The lowest BCUT2D eigenvalue weighted by atomic mass is 10.1. The Kier molecular flexibility index (Phi) is 5.11. The van der Waals surface area contributed by atoms with Gasteiger partial charge < -0.3 is 10.2 Å². The second-order valence-corrected chi connectivity index (χ2v) is 5.86. The zero-order valence-corrected chi connectivity index (χ0v) is 12.7. The van der Waals surface area contributed by atoms with E-state index in [0.717, 1.165) is 0 Å². The summed E-state index contributed by atoms with van der Waals surface area (Å²) in [6.45, 7) is 6.87. The minimum atomic E-state index is -0.551. The second kappa shape index (κ2) is 6.22. The smallest absolute Gasteiger partial charge is 0.244 e. The van der Waals surface area contributed by atoms with Crippen LogP contribution in [0.1, 0.15) is 27.7 Å². The summed E-state index contributed by atoms with van der Waals surface area (Å²) in [6.07, 6.45) is 0. The first kappa shape index (κ1) is 16.4. The van der Waals surface area contributed by atoms with Crippen molar-refractivity contribution >= 4 is 29.1 Å². The van der Waals surface area contributed by atoms with Gasteiger partial charge in [-0.25, -0.2) is 4.39 Å². The van der Waals surface area contributed by atoms with Gasteiger partial charge in [0.05, 0.1) is 5.02 Å². The highest BCUT2D eigenvalue weighted by Crippen LogP contribution is 2.19. The number of rotatable bonds is 3. The van der Waals surface area contributed by atoms with E-state index in [4.69, 9.17) is 11.6 Å². The summed E-state index contributed by atoms with van der Waals surface area (Å²) >= 11 is 5.64. The van der Waals surface area contributed by atoms with Crippen LogP contribution in [0.3, 0.4) is 0 Å². The van der Waals surface area contributed by atoms with Gasteiger partial charge in [0.1, 0.15) is 12.4 Å². The second-order valence-electron chi connectivity index (χ2n) is 5.45. The first-order valence-corrected chi connectivity index (χ1v) is 6.52. The highest BCUT2D eigenvalue weighted by Gasteiger charge is 2.25. The lowest BCUT2D eigenvalue weighted by Crippen LogP contribution is -2.48. The molecule has 0 saturated heterocycles. The first-order valence-electron chi connectivity index (χ1n) is 6.14. The number of carbonyl (C=O) groups excluding carboxylic acids is 2. The van der Waals surface area contributed by atoms with Crippen LogP contribution >= 0.6 is 11.6 Å². The molecular weight excluding hydrogens is 283 g/mol. The fourth-order valence-corrected chi connectivity index (χ4v) is 1.92. The van der Waals surface area contributed by atoms with Crippen molar-refractivity contribution < 1.29 is 14.0 Å². The quantitative estimate of drug-likeness (QED) is 0.932. The maximum Gasteiger partial charge on any atom is 0.244 e. The summed E-state index contributed by atoms with van der Waals surface area (Å²) in [5.41, 5.74) is -0.0670. The van der Waals surface area contributed by atoms with Gasteiger partial charge in [-0.2, -0.15) is 0 Å². The van der Waals surface area contributed by atoms with Crippen LogP contribution in [-0.2, 0) is 9.59 Å². The average molecular weight is 301 g/mol. The number of hydrogen-bond acceptors (Lipinski definition) is 2. The van der Waals surface area contributed by atoms with E-state index < -0.39 is 11.4 Å². The van der Waals surface area contributed by atoms with Gasteiger partial charge in [0.25, 0.3) is 0 Å². The number of hydrogen-bond donors (Lipinski definition) is 1. The van der Waals surface area contributed by atoms with Gasteiger partial charge >= 0.3 is 0 Å². The van der Waals surface area contributed by atoms with Crippen LogP contribution in [0.4, 0.5) is 10.1 Å². The standard InChI is InChI=1S/C14H18ClFN2O2/c1-9(19)18(14(2,3)4)8-13(20)17-10-5-6-12(16)11(15)7-10/h5-7H,8H2,1-4H3,(H,17,20). The molecule has 4 nitrogen and oxygen atoms in total. The Hall–Kier alpha value is -1.62. The maximum atomic E-state index is 13.0. The molecule has 1 rings (SSSR count). The molecule has 0 radical (unpaired) electrons. The fraction of sp³-hybridized carbons (Fsp3) is 0.429. The van der Waals surface area contributed by atoms with Gasteiger partial charge in [-0.05, 0) is 39.0 Å². The third-order valence-corrected chi connectivity index (χ3v) is 2.98. The summed E-state index contributed by atoms with van der Waals surface area (Å²) in [6, 6.07) is 3.91. The first-order chi connectivity index (χ1) is 9.11. The van der Waals surface area contributed by atoms with Gasteiger partial charge in [0.15, 0.2) is 0 Å². The topological polar surface area (TPSA) is 49.4 Å². The van der Waals surface area contributed by atoms with E-state index >= 15 is 0 Å². The van der Waals surface area contributed by atoms with E-state index in [1.54, 1.807) is 0 Å². The third kappa shape index (κ3) is 4.49. The molecule has 0 heterocycles. The molecule has 1 aromatic rings. The van der Waals surface area contributed by atoms with Crippen LogP contribution in [0, 0.1) is 5.82 Å². The van der Waals surface area contributed by atoms with Gasteiger partial charge in [0.2, 0.25) is 11.8 Å². The lowest BCUT2D eigenvalue weighted by molar-refractivity contribution is -0.137. The minimum absolute atomic E-state index is 0.0676. The summed E-state index contributed by atoms with van der Waals surface area (Å²) in [4.78, 5) is 24.9. The van der Waals surface area contributed by atoms with Gasteiger partial charge in [-0.3, -0.25) is 9.59 Å². The molecule has 0 aliphatic carbocycles. The predicted octanol–water partition coefficient (Wildman–Crippen LogP) is 3.06. The minimum Gasteiger partial charge on any atom is -0.329 e. The summed E-state index contributed by atoms with van der Waals surface area (Å²) in [7, 11) is 0. The molecule has 20 heavy (non-hydrogen) atoms. The van der Waals surface area contributed by atoms with Gasteiger partial charge in [-0.1, -0.05) is 11.6 Å². The predicted molar refractivity (Wildman–Crippen MR) is 77.2 cm³/mol. The van der Waals surface area contributed by atoms with Crippen LogP contribution in [0.15, 0.2) is 18.2 Å². The molecule has 0 bridgehead atoms. The summed E-state index contributed by atoms with van der Waals surface area (Å²) in [5.74, 6) is -1.10. The van der Waals surface area contributed by atoms with Gasteiger partial charge in [-0.15, -0.1) is 0 Å². The molecule has 1 N–H and O–H groups in total. The Morgan fingerprint density at radius 2 is 1.95 bits per heavy atom. The number of carbonyl (C=O) groups is 2. The van der Waals surface area contributed by atoms with E-state index in [1.807, 2.05) is 20.8 Å². The van der Waals surface area contributed by atoms with Crippen molar-refractivity contribution in [1.82, 2.24) is 4.90 Å². The summed E-state index contributed by atoms with van der Waals surface area (Å²) < 4.78 is 13.0. The molecule has 6 heteroatoms. The van der Waals surface area contributed by atoms with Crippen molar-refractivity contribution in [1.29, 1.82) is 0 Å². The average Bonchev–Trinajstić information content (AvgIpc) is 2.29. The number of halogens is 2. The number of benzene rings is 1. The summed E-state index contributed by atoms with van der Waals surface area (Å²) in [5, 5.41) is 2.52. The van der Waals surface area contributed by atoms with Crippen molar-refractivity contribution in [3.8, 4) is 0 Å². The van der Waals surface area contributed by atoms with E-state index in [0.29, 0.717) is 5.69 Å². The Balaban J connectivity index is 2.76. The van der Waals surface area contributed by atoms with Crippen LogP contribution in [-0.4, -0.2) is 28.8 Å². The van der Waals surface area contributed by atoms with Crippen molar-refractivity contribution in [3.63, 3.8) is 0 Å². The number of nitrogens with zero attached hydrogens (tertiary/aromatic N) is 1.